The van der Waals surface area contributed by atoms with Gasteiger partial charge in [0.15, 0.2) is 0 Å². The highest BCUT2D eigenvalue weighted by atomic mass is 16.2. The Kier molecular flexibility index (Phi) is 5.18. The second-order valence-corrected chi connectivity index (χ2v) is 5.97. The van der Waals surface area contributed by atoms with E-state index in [-0.39, 0.29) is 11.9 Å². The second kappa shape index (κ2) is 6.89. The maximum Gasteiger partial charge on any atom is 0.234 e. The molecule has 1 aromatic rings. The van der Waals surface area contributed by atoms with Crippen molar-refractivity contribution < 1.29 is 4.79 Å². The first-order valence-corrected chi connectivity index (χ1v) is 7.65. The van der Waals surface area contributed by atoms with Crippen molar-refractivity contribution in [1.82, 2.24) is 10.2 Å². The summed E-state index contributed by atoms with van der Waals surface area (Å²) in [5.41, 5.74) is 3.75. The van der Waals surface area contributed by atoms with E-state index in [0.717, 1.165) is 13.1 Å². The van der Waals surface area contributed by atoms with Crippen molar-refractivity contribution in [3.8, 4) is 0 Å². The number of amides is 1. The molecule has 3 nitrogen and oxygen atoms in total. The van der Waals surface area contributed by atoms with Crippen molar-refractivity contribution >= 4 is 5.91 Å². The van der Waals surface area contributed by atoms with Gasteiger partial charge in [0.1, 0.15) is 0 Å². The topological polar surface area (TPSA) is 32.3 Å². The Morgan fingerprint density at radius 1 is 1.20 bits per heavy atom. The summed E-state index contributed by atoms with van der Waals surface area (Å²) >= 11 is 0. The van der Waals surface area contributed by atoms with E-state index in [2.05, 4.69) is 49.2 Å². The number of benzene rings is 1. The first kappa shape index (κ1) is 15.0. The molecule has 1 N–H and O–H groups in total. The fraction of sp³-hybridized carbons (Fsp3) is 0.588. The molecule has 0 bridgehead atoms. The molecule has 110 valence electrons. The zero-order valence-corrected chi connectivity index (χ0v) is 12.9. The molecule has 0 saturated carbocycles. The lowest BCUT2D eigenvalue weighted by atomic mass is 10.0. The largest absolute Gasteiger partial charge is 0.348 e. The van der Waals surface area contributed by atoms with Crippen LogP contribution in [0.5, 0.6) is 0 Å². The molecule has 1 atom stereocenters. The summed E-state index contributed by atoms with van der Waals surface area (Å²) in [5, 5.41) is 3.11. The highest BCUT2D eigenvalue weighted by Gasteiger charge is 2.16. The third kappa shape index (κ3) is 4.07. The molecule has 1 aromatic carbocycles. The normalized spacial score (nSPS) is 17.8. The zero-order valence-electron chi connectivity index (χ0n) is 12.9. The number of aryl methyl sites for hydroxylation is 2. The number of hydrogen-bond acceptors (Lipinski definition) is 2. The maximum atomic E-state index is 12.1. The van der Waals surface area contributed by atoms with Crippen molar-refractivity contribution in [2.75, 3.05) is 19.6 Å². The van der Waals surface area contributed by atoms with Crippen molar-refractivity contribution in [2.24, 2.45) is 0 Å². The Labute approximate surface area is 122 Å². The second-order valence-electron chi connectivity index (χ2n) is 5.97. The lowest BCUT2D eigenvalue weighted by Crippen LogP contribution is -2.40. The van der Waals surface area contributed by atoms with Crippen molar-refractivity contribution in [3.05, 3.63) is 34.9 Å². The van der Waals surface area contributed by atoms with Crippen LogP contribution in [0.4, 0.5) is 0 Å². The Morgan fingerprint density at radius 3 is 2.55 bits per heavy atom. The Hall–Kier alpha value is -1.35. The van der Waals surface area contributed by atoms with Crippen LogP contribution in [-0.4, -0.2) is 30.4 Å². The fourth-order valence-corrected chi connectivity index (χ4v) is 2.73. The van der Waals surface area contributed by atoms with E-state index in [1.165, 1.54) is 36.0 Å². The van der Waals surface area contributed by atoms with E-state index in [4.69, 9.17) is 0 Å². The van der Waals surface area contributed by atoms with Crippen LogP contribution in [0.25, 0.3) is 0 Å². The van der Waals surface area contributed by atoms with Gasteiger partial charge in [0, 0.05) is 0 Å². The van der Waals surface area contributed by atoms with E-state index in [1.807, 2.05) is 0 Å². The summed E-state index contributed by atoms with van der Waals surface area (Å²) in [5.74, 6) is 0.137. The fourth-order valence-electron chi connectivity index (χ4n) is 2.73. The van der Waals surface area contributed by atoms with Crippen LogP contribution in [0.3, 0.4) is 0 Å². The van der Waals surface area contributed by atoms with Crippen LogP contribution in [0, 0.1) is 13.8 Å². The molecule has 20 heavy (non-hydrogen) atoms. The molecular weight excluding hydrogens is 248 g/mol. The number of piperidine rings is 1. The molecule has 1 fully saturated rings. The molecule has 1 amide bonds. The number of nitrogens with one attached hydrogen (secondary N) is 1. The monoisotopic (exact) mass is 274 g/mol. The van der Waals surface area contributed by atoms with Gasteiger partial charge in [0.25, 0.3) is 0 Å². The molecule has 0 radical (unpaired) electrons. The average Bonchev–Trinajstić information content (AvgIpc) is 2.42. The summed E-state index contributed by atoms with van der Waals surface area (Å²) in [7, 11) is 0. The first-order valence-electron chi connectivity index (χ1n) is 7.65. The predicted molar refractivity (Wildman–Crippen MR) is 82.8 cm³/mol. The quantitative estimate of drug-likeness (QED) is 0.915. The van der Waals surface area contributed by atoms with Gasteiger partial charge in [-0.3, -0.25) is 9.69 Å². The smallest absolute Gasteiger partial charge is 0.234 e. The maximum absolute atomic E-state index is 12.1. The zero-order chi connectivity index (χ0) is 14.5. The van der Waals surface area contributed by atoms with Crippen LogP contribution < -0.4 is 5.32 Å². The SMILES string of the molecule is Cc1ccc([C@H](C)NC(=O)CN2CCCCC2)cc1C. The standard InChI is InChI=1S/C17H26N2O/c1-13-7-8-16(11-14(13)2)15(3)18-17(20)12-19-9-5-4-6-10-19/h7-8,11,15H,4-6,9-10,12H2,1-3H3,(H,18,20)/t15-/m0/s1. The minimum atomic E-state index is 0.0755. The van der Waals surface area contributed by atoms with E-state index < -0.39 is 0 Å². The van der Waals surface area contributed by atoms with Gasteiger partial charge in [0.05, 0.1) is 12.6 Å². The van der Waals surface area contributed by atoms with Gasteiger partial charge in [-0.1, -0.05) is 24.6 Å². The van der Waals surface area contributed by atoms with Gasteiger partial charge >= 0.3 is 0 Å². The van der Waals surface area contributed by atoms with Gasteiger partial charge < -0.3 is 5.32 Å². The number of likely N-dealkylation sites (tertiary alicyclic amines) is 1. The Morgan fingerprint density at radius 2 is 1.90 bits per heavy atom. The number of nitrogens with zero attached hydrogens (tertiary/aromatic N) is 1. The van der Waals surface area contributed by atoms with Crippen LogP contribution in [0.1, 0.15) is 48.9 Å². The molecule has 1 aliphatic rings. The van der Waals surface area contributed by atoms with Crippen LogP contribution >= 0.6 is 0 Å². The minimum Gasteiger partial charge on any atom is -0.348 e. The van der Waals surface area contributed by atoms with Crippen LogP contribution in [0.2, 0.25) is 0 Å². The van der Waals surface area contributed by atoms with Gasteiger partial charge in [-0.25, -0.2) is 0 Å². The van der Waals surface area contributed by atoms with E-state index in [0.29, 0.717) is 6.54 Å². The number of hydrogen-bond donors (Lipinski definition) is 1. The Balaban J connectivity index is 1.87. The Bertz CT molecular complexity index is 464. The average molecular weight is 274 g/mol. The van der Waals surface area contributed by atoms with E-state index in [1.54, 1.807) is 0 Å². The van der Waals surface area contributed by atoms with Gasteiger partial charge in [-0.2, -0.15) is 0 Å². The molecule has 0 aromatic heterocycles. The number of carbonyl (C=O) groups is 1. The highest BCUT2D eigenvalue weighted by molar-refractivity contribution is 5.78. The molecule has 0 spiro atoms. The summed E-state index contributed by atoms with van der Waals surface area (Å²) < 4.78 is 0. The lowest BCUT2D eigenvalue weighted by Gasteiger charge is -2.26. The van der Waals surface area contributed by atoms with Gasteiger partial charge in [0.2, 0.25) is 5.91 Å². The number of carbonyl (C=O) groups excluding carboxylic acids is 1. The van der Waals surface area contributed by atoms with Crippen molar-refractivity contribution in [1.29, 1.82) is 0 Å². The molecule has 0 unspecified atom stereocenters. The third-order valence-electron chi connectivity index (χ3n) is 4.22. The first-order chi connectivity index (χ1) is 9.56. The molecule has 1 saturated heterocycles. The number of rotatable bonds is 4. The molecular formula is C17H26N2O. The van der Waals surface area contributed by atoms with Crippen LogP contribution in [0.15, 0.2) is 18.2 Å². The molecule has 1 aliphatic heterocycles. The van der Waals surface area contributed by atoms with Gasteiger partial charge in [-0.15, -0.1) is 0 Å². The molecule has 3 heteroatoms. The molecule has 2 rings (SSSR count). The molecule has 0 aliphatic carbocycles. The molecule has 1 heterocycles. The van der Waals surface area contributed by atoms with Crippen molar-refractivity contribution in [2.45, 2.75) is 46.1 Å². The lowest BCUT2D eigenvalue weighted by molar-refractivity contribution is -0.123. The third-order valence-corrected chi connectivity index (χ3v) is 4.22. The van der Waals surface area contributed by atoms with Gasteiger partial charge in [-0.05, 0) is 63.4 Å². The predicted octanol–water partition coefficient (Wildman–Crippen LogP) is 2.97. The summed E-state index contributed by atoms with van der Waals surface area (Å²) in [6, 6.07) is 6.47. The van der Waals surface area contributed by atoms with E-state index >= 15 is 0 Å². The van der Waals surface area contributed by atoms with Crippen molar-refractivity contribution in [3.63, 3.8) is 0 Å². The van der Waals surface area contributed by atoms with Crippen LogP contribution in [-0.2, 0) is 4.79 Å². The summed E-state index contributed by atoms with van der Waals surface area (Å²) in [6.07, 6.45) is 3.75. The minimum absolute atomic E-state index is 0.0755. The summed E-state index contributed by atoms with van der Waals surface area (Å²) in [6.45, 7) is 8.93. The summed E-state index contributed by atoms with van der Waals surface area (Å²) in [4.78, 5) is 14.3. The van der Waals surface area contributed by atoms with E-state index in [9.17, 15) is 4.79 Å². The highest BCUT2D eigenvalue weighted by Crippen LogP contribution is 2.17.